The number of halogens is 2. The number of nitrogens with one attached hydrogen (secondary N) is 2. The fourth-order valence-corrected chi connectivity index (χ4v) is 1.99. The predicted molar refractivity (Wildman–Crippen MR) is 74.8 cm³/mol. The molecule has 0 fully saturated rings. The number of anilines is 3. The van der Waals surface area contributed by atoms with E-state index in [0.29, 0.717) is 0 Å². The molecule has 0 aliphatic rings. The zero-order valence-electron chi connectivity index (χ0n) is 11.0. The number of rotatable bonds is 5. The zero-order valence-corrected chi connectivity index (χ0v) is 11.8. The topological polar surface area (TPSA) is 84.0 Å². The fourth-order valence-electron chi connectivity index (χ4n) is 1.41. The van der Waals surface area contributed by atoms with Gasteiger partial charge in [-0.1, -0.05) is 0 Å². The molecule has 1 aromatic heterocycles. The van der Waals surface area contributed by atoms with E-state index in [2.05, 4.69) is 20.2 Å². The van der Waals surface area contributed by atoms with E-state index in [9.17, 15) is 17.2 Å². The molecule has 2 rings (SSSR count). The van der Waals surface area contributed by atoms with E-state index in [1.165, 1.54) is 25.1 Å². The molecule has 1 aromatic carbocycles. The molecule has 0 atom stereocenters. The van der Waals surface area contributed by atoms with Crippen LogP contribution in [0.15, 0.2) is 30.3 Å². The van der Waals surface area contributed by atoms with Crippen LogP contribution in [0.3, 0.4) is 0 Å². The first-order valence-electron chi connectivity index (χ1n) is 5.96. The summed E-state index contributed by atoms with van der Waals surface area (Å²) in [6.07, 6.45) is 0. The summed E-state index contributed by atoms with van der Waals surface area (Å²) in [5.41, 5.74) is 0.0348. The fraction of sp³-hybridized carbons (Fsp3) is 0.167. The zero-order chi connectivity index (χ0) is 15.5. The Balaban J connectivity index is 2.12. The molecule has 2 N–H and O–H groups in total. The van der Waals surface area contributed by atoms with Crippen LogP contribution in [0, 0.1) is 11.6 Å². The van der Waals surface area contributed by atoms with E-state index < -0.39 is 21.7 Å². The lowest BCUT2D eigenvalue weighted by molar-refractivity contribution is 0.586. The lowest BCUT2D eigenvalue weighted by atomic mass is 10.3. The minimum atomic E-state index is -3.43. The van der Waals surface area contributed by atoms with E-state index in [4.69, 9.17) is 0 Å². The van der Waals surface area contributed by atoms with E-state index in [1.54, 1.807) is 0 Å². The smallest absolute Gasteiger partial charge is 0.233 e. The molecule has 6 nitrogen and oxygen atoms in total. The maximum Gasteiger partial charge on any atom is 0.233 e. The van der Waals surface area contributed by atoms with Crippen molar-refractivity contribution in [3.8, 4) is 0 Å². The summed E-state index contributed by atoms with van der Waals surface area (Å²) in [4.78, 5) is 0. The largest absolute Gasteiger partial charge is 0.336 e. The molecule has 0 unspecified atom stereocenters. The standard InChI is InChI=1S/C12H12F2N4O2S/c1-2-21(19,20)18-12-6-5-11(16-17-12)15-10-4-3-8(13)7-9(10)14/h3-7H,2H2,1H3,(H,15,16)(H,17,18). The lowest BCUT2D eigenvalue weighted by Crippen LogP contribution is -2.15. The Hall–Kier alpha value is -2.29. The molecule has 1 heterocycles. The summed E-state index contributed by atoms with van der Waals surface area (Å²) in [5, 5.41) is 9.97. The summed E-state index contributed by atoms with van der Waals surface area (Å²) >= 11 is 0. The number of aromatic nitrogens is 2. The SMILES string of the molecule is CCS(=O)(=O)Nc1ccc(Nc2ccc(F)cc2F)nn1. The van der Waals surface area contributed by atoms with Crippen molar-refractivity contribution in [1.29, 1.82) is 0 Å². The minimum Gasteiger partial charge on any atom is -0.336 e. The van der Waals surface area contributed by atoms with Crippen LogP contribution in [0.5, 0.6) is 0 Å². The van der Waals surface area contributed by atoms with E-state index >= 15 is 0 Å². The van der Waals surface area contributed by atoms with Crippen molar-refractivity contribution in [2.45, 2.75) is 6.92 Å². The maximum absolute atomic E-state index is 13.4. The highest BCUT2D eigenvalue weighted by Gasteiger charge is 2.09. The van der Waals surface area contributed by atoms with Gasteiger partial charge >= 0.3 is 0 Å². The Labute approximate surface area is 120 Å². The molecule has 0 saturated carbocycles. The Kier molecular flexibility index (Phi) is 4.32. The molecule has 0 aliphatic heterocycles. The second-order valence-electron chi connectivity index (χ2n) is 4.06. The van der Waals surface area contributed by atoms with Gasteiger partial charge in [0.25, 0.3) is 0 Å². The predicted octanol–water partition coefficient (Wildman–Crippen LogP) is 2.26. The molecule has 0 radical (unpaired) electrons. The maximum atomic E-state index is 13.4. The van der Waals surface area contributed by atoms with Gasteiger partial charge in [0.15, 0.2) is 11.6 Å². The van der Waals surface area contributed by atoms with Crippen molar-refractivity contribution in [3.63, 3.8) is 0 Å². The quantitative estimate of drug-likeness (QED) is 0.884. The van der Waals surface area contributed by atoms with Gasteiger partial charge in [0.1, 0.15) is 11.6 Å². The van der Waals surface area contributed by atoms with E-state index in [-0.39, 0.29) is 23.1 Å². The molecular formula is C12H12F2N4O2S. The Morgan fingerprint density at radius 2 is 1.76 bits per heavy atom. The van der Waals surface area contributed by atoms with Crippen LogP contribution in [-0.2, 0) is 10.0 Å². The average molecular weight is 314 g/mol. The van der Waals surface area contributed by atoms with Gasteiger partial charge in [-0.05, 0) is 31.2 Å². The van der Waals surface area contributed by atoms with Crippen molar-refractivity contribution in [2.24, 2.45) is 0 Å². The average Bonchev–Trinajstić information content (AvgIpc) is 2.44. The van der Waals surface area contributed by atoms with Gasteiger partial charge in [-0.3, -0.25) is 4.72 Å². The summed E-state index contributed by atoms with van der Waals surface area (Å²) in [5.74, 6) is -1.29. The third-order valence-electron chi connectivity index (χ3n) is 2.50. The molecule has 9 heteroatoms. The minimum absolute atomic E-state index is 0.0348. The van der Waals surface area contributed by atoms with Gasteiger partial charge in [-0.25, -0.2) is 17.2 Å². The van der Waals surface area contributed by atoms with Crippen molar-refractivity contribution in [1.82, 2.24) is 10.2 Å². The summed E-state index contributed by atoms with van der Waals surface area (Å²) in [6, 6.07) is 5.86. The molecule has 0 bridgehead atoms. The first-order valence-corrected chi connectivity index (χ1v) is 7.61. The number of hydrogen-bond donors (Lipinski definition) is 2. The van der Waals surface area contributed by atoms with Gasteiger partial charge in [0.2, 0.25) is 10.0 Å². The molecule has 0 saturated heterocycles. The van der Waals surface area contributed by atoms with E-state index in [0.717, 1.165) is 12.1 Å². The molecule has 0 spiro atoms. The Morgan fingerprint density at radius 1 is 1.10 bits per heavy atom. The third kappa shape index (κ3) is 4.09. The van der Waals surface area contributed by atoms with Crippen molar-refractivity contribution in [3.05, 3.63) is 42.0 Å². The molecule has 112 valence electrons. The van der Waals surface area contributed by atoms with Gasteiger partial charge in [-0.2, -0.15) is 0 Å². The normalized spacial score (nSPS) is 11.2. The molecule has 2 aromatic rings. The van der Waals surface area contributed by atoms with E-state index in [1.807, 2.05) is 0 Å². The number of sulfonamides is 1. The van der Waals surface area contributed by atoms with Crippen LogP contribution in [0.4, 0.5) is 26.1 Å². The van der Waals surface area contributed by atoms with Crippen LogP contribution in [0.25, 0.3) is 0 Å². The molecule has 21 heavy (non-hydrogen) atoms. The van der Waals surface area contributed by atoms with Crippen LogP contribution in [-0.4, -0.2) is 24.4 Å². The summed E-state index contributed by atoms with van der Waals surface area (Å²) < 4.78 is 51.1. The molecular weight excluding hydrogens is 302 g/mol. The van der Waals surface area contributed by atoms with Gasteiger partial charge in [-0.15, -0.1) is 10.2 Å². The van der Waals surface area contributed by atoms with Crippen LogP contribution < -0.4 is 10.0 Å². The van der Waals surface area contributed by atoms with Crippen LogP contribution >= 0.6 is 0 Å². The molecule has 0 aliphatic carbocycles. The second-order valence-corrected chi connectivity index (χ2v) is 6.07. The Bertz CT molecular complexity index is 735. The van der Waals surface area contributed by atoms with Gasteiger partial charge < -0.3 is 5.32 Å². The van der Waals surface area contributed by atoms with Crippen molar-refractivity contribution in [2.75, 3.05) is 15.8 Å². The monoisotopic (exact) mass is 314 g/mol. The van der Waals surface area contributed by atoms with Crippen LogP contribution in [0.1, 0.15) is 6.92 Å². The summed E-state index contributed by atoms with van der Waals surface area (Å²) in [7, 11) is -3.43. The number of nitrogens with zero attached hydrogens (tertiary/aromatic N) is 2. The third-order valence-corrected chi connectivity index (χ3v) is 3.78. The number of hydrogen-bond acceptors (Lipinski definition) is 5. The van der Waals surface area contributed by atoms with Gasteiger partial charge in [0.05, 0.1) is 11.4 Å². The lowest BCUT2D eigenvalue weighted by Gasteiger charge is -2.07. The highest BCUT2D eigenvalue weighted by Crippen LogP contribution is 2.19. The van der Waals surface area contributed by atoms with Gasteiger partial charge in [0, 0.05) is 6.07 Å². The van der Waals surface area contributed by atoms with Crippen molar-refractivity contribution >= 4 is 27.3 Å². The van der Waals surface area contributed by atoms with Crippen molar-refractivity contribution < 1.29 is 17.2 Å². The highest BCUT2D eigenvalue weighted by atomic mass is 32.2. The number of benzene rings is 1. The molecule has 0 amide bonds. The highest BCUT2D eigenvalue weighted by molar-refractivity contribution is 7.92. The first kappa shape index (κ1) is 15.1. The van der Waals surface area contributed by atoms with Crippen LogP contribution in [0.2, 0.25) is 0 Å². The second kappa shape index (κ2) is 6.00. The first-order chi connectivity index (χ1) is 9.89. The Morgan fingerprint density at radius 3 is 2.33 bits per heavy atom. The summed E-state index contributed by atoms with van der Waals surface area (Å²) in [6.45, 7) is 1.49.